The summed E-state index contributed by atoms with van der Waals surface area (Å²) >= 11 is 1.38. The Labute approximate surface area is 165 Å². The maximum Gasteiger partial charge on any atom is 0.308 e. The summed E-state index contributed by atoms with van der Waals surface area (Å²) < 4.78 is 11.0. The van der Waals surface area contributed by atoms with E-state index >= 15 is 0 Å². The third-order valence-corrected chi connectivity index (χ3v) is 4.73. The number of hydrogen-bond acceptors (Lipinski definition) is 7. The average Bonchev–Trinajstić information content (AvgIpc) is 3.03. The monoisotopic (exact) mass is 398 g/mol. The molecule has 2 aromatic carbocycles. The molecular weight excluding hydrogens is 380 g/mol. The van der Waals surface area contributed by atoms with Crippen LogP contribution >= 0.6 is 11.3 Å². The number of hydrogen-bond donors (Lipinski definition) is 1. The molecule has 8 heteroatoms. The molecule has 1 aromatic heterocycles. The number of nitrogens with one attached hydrogen (secondary N) is 1. The number of aromatic nitrogens is 1. The zero-order valence-corrected chi connectivity index (χ0v) is 16.4. The lowest BCUT2D eigenvalue weighted by atomic mass is 10.2. The molecule has 0 aliphatic carbocycles. The third-order valence-electron chi connectivity index (χ3n) is 3.79. The van der Waals surface area contributed by atoms with Crippen molar-refractivity contribution in [3.05, 3.63) is 47.5 Å². The normalized spacial score (nSPS) is 10.5. The third kappa shape index (κ3) is 4.52. The molecular formula is C20H18N2O5S. The molecule has 0 saturated carbocycles. The largest absolute Gasteiger partial charge is 0.423 e. The Hall–Kier alpha value is -3.26. The van der Waals surface area contributed by atoms with Crippen LogP contribution in [0.25, 0.3) is 10.2 Å². The lowest BCUT2D eigenvalue weighted by molar-refractivity contribution is -0.134. The van der Waals surface area contributed by atoms with E-state index in [0.29, 0.717) is 5.13 Å². The molecule has 0 aliphatic rings. The first-order chi connectivity index (χ1) is 13.4. The van der Waals surface area contributed by atoms with Gasteiger partial charge in [-0.25, -0.2) is 4.98 Å². The van der Waals surface area contributed by atoms with Gasteiger partial charge in [0, 0.05) is 19.4 Å². The highest BCUT2D eigenvalue weighted by atomic mass is 32.1. The molecule has 1 heterocycles. The van der Waals surface area contributed by atoms with Crippen molar-refractivity contribution >= 4 is 44.5 Å². The first-order valence-corrected chi connectivity index (χ1v) is 9.39. The fraction of sp³-hybridized carbons (Fsp3) is 0.200. The Kier molecular flexibility index (Phi) is 5.70. The Bertz CT molecular complexity index is 1070. The molecule has 0 unspecified atom stereocenters. The molecule has 0 fully saturated rings. The summed E-state index contributed by atoms with van der Waals surface area (Å²) in [7, 11) is 0. The van der Waals surface area contributed by atoms with Crippen LogP contribution in [-0.2, 0) is 16.0 Å². The van der Waals surface area contributed by atoms with Gasteiger partial charge >= 0.3 is 11.9 Å². The number of ether oxygens (including phenoxy) is 2. The number of anilines is 1. The summed E-state index contributed by atoms with van der Waals surface area (Å²) in [6, 6.07) is 10.2. The lowest BCUT2D eigenvalue weighted by Gasteiger charge is -2.10. The van der Waals surface area contributed by atoms with Crippen molar-refractivity contribution in [1.82, 2.24) is 4.98 Å². The van der Waals surface area contributed by atoms with Crippen LogP contribution in [0.3, 0.4) is 0 Å². The maximum absolute atomic E-state index is 12.6. The first-order valence-electron chi connectivity index (χ1n) is 8.57. The van der Waals surface area contributed by atoms with Crippen molar-refractivity contribution in [3.63, 3.8) is 0 Å². The Balaban J connectivity index is 1.85. The summed E-state index contributed by atoms with van der Waals surface area (Å²) in [6.45, 7) is 4.52. The number of nitrogens with zero attached hydrogens (tertiary/aromatic N) is 1. The quantitative estimate of drug-likeness (QED) is 0.516. The molecule has 144 valence electrons. The summed E-state index contributed by atoms with van der Waals surface area (Å²) in [5.41, 5.74) is 2.24. The van der Waals surface area contributed by atoms with Crippen LogP contribution in [0, 0.1) is 0 Å². The number of benzene rings is 2. The van der Waals surface area contributed by atoms with E-state index in [1.54, 1.807) is 0 Å². The highest BCUT2D eigenvalue weighted by Crippen LogP contribution is 2.30. The topological polar surface area (TPSA) is 94.6 Å². The molecule has 1 N–H and O–H groups in total. The molecule has 0 radical (unpaired) electrons. The van der Waals surface area contributed by atoms with Gasteiger partial charge in [0.25, 0.3) is 5.91 Å². The second-order valence-corrected chi connectivity index (χ2v) is 7.01. The van der Waals surface area contributed by atoms with Crippen molar-refractivity contribution < 1.29 is 23.9 Å². The average molecular weight is 398 g/mol. The molecule has 0 spiro atoms. The van der Waals surface area contributed by atoms with Gasteiger partial charge in [-0.05, 0) is 42.3 Å². The van der Waals surface area contributed by atoms with E-state index in [-0.39, 0.29) is 17.1 Å². The Morgan fingerprint density at radius 2 is 1.71 bits per heavy atom. The van der Waals surface area contributed by atoms with Gasteiger partial charge in [0.05, 0.1) is 10.2 Å². The second kappa shape index (κ2) is 8.18. The minimum absolute atomic E-state index is 0.00719. The van der Waals surface area contributed by atoms with Crippen LogP contribution in [0.1, 0.15) is 36.7 Å². The van der Waals surface area contributed by atoms with Crippen LogP contribution < -0.4 is 14.8 Å². The molecule has 0 atom stereocenters. The minimum Gasteiger partial charge on any atom is -0.423 e. The number of fused-ring (bicyclic) bond motifs is 1. The molecule has 3 aromatic rings. The number of carbonyl (C=O) groups is 3. The fourth-order valence-corrected chi connectivity index (χ4v) is 3.46. The predicted molar refractivity (Wildman–Crippen MR) is 106 cm³/mol. The van der Waals surface area contributed by atoms with E-state index in [0.717, 1.165) is 16.6 Å². The smallest absolute Gasteiger partial charge is 0.308 e. The fourth-order valence-electron chi connectivity index (χ4n) is 2.53. The zero-order valence-electron chi connectivity index (χ0n) is 15.6. The van der Waals surface area contributed by atoms with Crippen LogP contribution in [0.5, 0.6) is 11.5 Å². The first kappa shape index (κ1) is 19.5. The SMILES string of the molecule is CCc1ccc2nc(NC(=O)c3ccc(OC(C)=O)c(OC(C)=O)c3)sc2c1. The minimum atomic E-state index is -0.594. The van der Waals surface area contributed by atoms with E-state index in [9.17, 15) is 14.4 Å². The number of esters is 2. The molecule has 7 nitrogen and oxygen atoms in total. The Morgan fingerprint density at radius 3 is 2.39 bits per heavy atom. The highest BCUT2D eigenvalue weighted by molar-refractivity contribution is 7.22. The summed E-state index contributed by atoms with van der Waals surface area (Å²) in [6.07, 6.45) is 0.920. The number of carbonyl (C=O) groups excluding carboxylic acids is 3. The van der Waals surface area contributed by atoms with Crippen LogP contribution in [-0.4, -0.2) is 22.8 Å². The maximum atomic E-state index is 12.6. The Morgan fingerprint density at radius 1 is 1.00 bits per heavy atom. The summed E-state index contributed by atoms with van der Waals surface area (Å²) in [4.78, 5) is 39.5. The summed E-state index contributed by atoms with van der Waals surface area (Å²) in [5, 5.41) is 3.21. The van der Waals surface area contributed by atoms with Crippen LogP contribution in [0.4, 0.5) is 5.13 Å². The van der Waals surface area contributed by atoms with E-state index in [4.69, 9.17) is 9.47 Å². The standard InChI is InChI=1S/C20H18N2O5S/c1-4-13-5-7-15-18(9-13)28-20(21-15)22-19(25)14-6-8-16(26-11(2)23)17(10-14)27-12(3)24/h5-10H,4H2,1-3H3,(H,21,22,25). The van der Waals surface area contributed by atoms with Gasteiger partial charge in [0.1, 0.15) is 0 Å². The zero-order chi connectivity index (χ0) is 20.3. The molecule has 28 heavy (non-hydrogen) atoms. The van der Waals surface area contributed by atoms with Crippen LogP contribution in [0.2, 0.25) is 0 Å². The number of thiazole rings is 1. The van der Waals surface area contributed by atoms with Gasteiger partial charge in [0.2, 0.25) is 0 Å². The molecule has 0 bridgehead atoms. The van der Waals surface area contributed by atoms with Crippen molar-refractivity contribution in [2.45, 2.75) is 27.2 Å². The van der Waals surface area contributed by atoms with Gasteiger partial charge < -0.3 is 9.47 Å². The molecule has 0 saturated heterocycles. The number of rotatable bonds is 5. The van der Waals surface area contributed by atoms with Crippen LogP contribution in [0.15, 0.2) is 36.4 Å². The summed E-state index contributed by atoms with van der Waals surface area (Å²) in [5.74, 6) is -1.52. The second-order valence-electron chi connectivity index (χ2n) is 5.98. The van der Waals surface area contributed by atoms with Gasteiger partial charge in [0.15, 0.2) is 16.6 Å². The van der Waals surface area contributed by atoms with Gasteiger partial charge in [-0.15, -0.1) is 0 Å². The van der Waals surface area contributed by atoms with Crippen molar-refractivity contribution in [2.24, 2.45) is 0 Å². The van der Waals surface area contributed by atoms with E-state index < -0.39 is 17.8 Å². The van der Waals surface area contributed by atoms with Crippen molar-refractivity contribution in [2.75, 3.05) is 5.32 Å². The number of aryl methyl sites for hydroxylation is 1. The van der Waals surface area contributed by atoms with E-state index in [2.05, 4.69) is 23.3 Å². The molecule has 1 amide bonds. The molecule has 0 aliphatic heterocycles. The van der Waals surface area contributed by atoms with Gasteiger partial charge in [-0.1, -0.05) is 24.3 Å². The predicted octanol–water partition coefficient (Wildman–Crippen LogP) is 3.96. The lowest BCUT2D eigenvalue weighted by Crippen LogP contribution is -2.13. The van der Waals surface area contributed by atoms with Gasteiger partial charge in [-0.2, -0.15) is 0 Å². The van der Waals surface area contributed by atoms with E-state index in [1.807, 2.05) is 12.1 Å². The number of amides is 1. The van der Waals surface area contributed by atoms with Crippen molar-refractivity contribution in [1.29, 1.82) is 0 Å². The molecule has 3 rings (SSSR count). The van der Waals surface area contributed by atoms with Crippen molar-refractivity contribution in [3.8, 4) is 11.5 Å². The highest BCUT2D eigenvalue weighted by Gasteiger charge is 2.16. The van der Waals surface area contributed by atoms with Gasteiger partial charge in [-0.3, -0.25) is 19.7 Å². The van der Waals surface area contributed by atoms with E-state index in [1.165, 1.54) is 48.9 Å².